The third-order valence-electron chi connectivity index (χ3n) is 1.68. The van der Waals surface area contributed by atoms with Gasteiger partial charge in [0.15, 0.2) is 6.29 Å². The Hall–Kier alpha value is -0.810. The third-order valence-corrected chi connectivity index (χ3v) is 2.68. The lowest BCUT2D eigenvalue weighted by Crippen LogP contribution is -2.30. The van der Waals surface area contributed by atoms with Crippen LogP contribution in [0.5, 0.6) is 0 Å². The van der Waals surface area contributed by atoms with E-state index in [2.05, 4.69) is 0 Å². The van der Waals surface area contributed by atoms with E-state index < -0.39 is 5.91 Å². The zero-order valence-electron chi connectivity index (χ0n) is 7.18. The monoisotopic (exact) mass is 266 g/mol. The van der Waals surface area contributed by atoms with Crippen molar-refractivity contribution in [3.63, 3.8) is 0 Å². The van der Waals surface area contributed by atoms with Crippen molar-refractivity contribution in [1.82, 2.24) is 5.43 Å². The zero-order chi connectivity index (χ0) is 11.6. The normalized spacial score (nSPS) is 9.87. The lowest BCUT2D eigenvalue weighted by molar-refractivity contribution is 0.0954. The number of carbonyl (C=O) groups is 2. The molecule has 0 radical (unpaired) electrons. The summed E-state index contributed by atoms with van der Waals surface area (Å²) >= 11 is 17.2. The van der Waals surface area contributed by atoms with Crippen molar-refractivity contribution in [2.75, 3.05) is 0 Å². The maximum absolute atomic E-state index is 11.3. The Balaban J connectivity index is 3.52. The number of aldehydes is 1. The van der Waals surface area contributed by atoms with Gasteiger partial charge in [0.05, 0.1) is 26.2 Å². The van der Waals surface area contributed by atoms with Crippen LogP contribution in [0.4, 0.5) is 0 Å². The molecule has 0 unspecified atom stereocenters. The number of carbonyl (C=O) groups excluding carboxylic acids is 2. The fourth-order valence-corrected chi connectivity index (χ4v) is 2.02. The third kappa shape index (κ3) is 2.23. The molecule has 80 valence electrons. The molecule has 0 saturated heterocycles. The molecule has 1 amide bonds. The number of nitrogens with two attached hydrogens (primary N) is 1. The van der Waals surface area contributed by atoms with Crippen LogP contribution in [0.25, 0.3) is 0 Å². The van der Waals surface area contributed by atoms with E-state index in [0.29, 0.717) is 6.29 Å². The Morgan fingerprint density at radius 2 is 1.93 bits per heavy atom. The highest BCUT2D eigenvalue weighted by molar-refractivity contribution is 6.44. The molecular formula is C8H5Cl3N2O2. The molecule has 0 atom stereocenters. The summed E-state index contributed by atoms with van der Waals surface area (Å²) in [6.07, 6.45) is 0.439. The van der Waals surface area contributed by atoms with Crippen molar-refractivity contribution in [1.29, 1.82) is 0 Å². The molecule has 3 N–H and O–H groups in total. The quantitative estimate of drug-likeness (QED) is 0.373. The molecule has 0 fully saturated rings. The van der Waals surface area contributed by atoms with Crippen molar-refractivity contribution in [2.45, 2.75) is 0 Å². The van der Waals surface area contributed by atoms with E-state index in [1.165, 1.54) is 6.07 Å². The van der Waals surface area contributed by atoms with Crippen LogP contribution in [0.2, 0.25) is 15.1 Å². The molecule has 1 aromatic carbocycles. The molecule has 1 rings (SSSR count). The van der Waals surface area contributed by atoms with Gasteiger partial charge in [0.2, 0.25) is 0 Å². The van der Waals surface area contributed by atoms with Gasteiger partial charge in [-0.15, -0.1) is 0 Å². The first-order chi connectivity index (χ1) is 7.02. The molecule has 0 aliphatic carbocycles. The van der Waals surface area contributed by atoms with Crippen molar-refractivity contribution in [3.8, 4) is 0 Å². The van der Waals surface area contributed by atoms with Crippen molar-refractivity contribution < 1.29 is 9.59 Å². The minimum atomic E-state index is -0.690. The van der Waals surface area contributed by atoms with Gasteiger partial charge in [-0.3, -0.25) is 15.0 Å². The van der Waals surface area contributed by atoms with Crippen LogP contribution in [0.3, 0.4) is 0 Å². The van der Waals surface area contributed by atoms with E-state index in [9.17, 15) is 9.59 Å². The van der Waals surface area contributed by atoms with Crippen LogP contribution >= 0.6 is 34.8 Å². The summed E-state index contributed by atoms with van der Waals surface area (Å²) in [4.78, 5) is 21.9. The predicted molar refractivity (Wildman–Crippen MR) is 58.5 cm³/mol. The van der Waals surface area contributed by atoms with Gasteiger partial charge < -0.3 is 0 Å². The average Bonchev–Trinajstić information content (AvgIpc) is 2.17. The van der Waals surface area contributed by atoms with E-state index in [1.807, 2.05) is 5.43 Å². The van der Waals surface area contributed by atoms with E-state index in [1.54, 1.807) is 0 Å². The van der Waals surface area contributed by atoms with Gasteiger partial charge >= 0.3 is 0 Å². The molecule has 4 nitrogen and oxygen atoms in total. The molecule has 1 aromatic rings. The number of nitrogens with one attached hydrogen (secondary N) is 1. The fourth-order valence-electron chi connectivity index (χ4n) is 0.994. The lowest BCUT2D eigenvalue weighted by atomic mass is 10.1. The van der Waals surface area contributed by atoms with Gasteiger partial charge in [0.1, 0.15) is 0 Å². The number of amides is 1. The topological polar surface area (TPSA) is 72.2 Å². The Kier molecular flexibility index (Phi) is 3.93. The first kappa shape index (κ1) is 12.3. The molecule has 0 aliphatic rings. The molecule has 7 heteroatoms. The van der Waals surface area contributed by atoms with Crippen molar-refractivity contribution in [3.05, 3.63) is 32.3 Å². The number of hydrogen-bond donors (Lipinski definition) is 2. The van der Waals surface area contributed by atoms with Crippen LogP contribution in [0.1, 0.15) is 20.7 Å². The number of benzene rings is 1. The van der Waals surface area contributed by atoms with Gasteiger partial charge in [0, 0.05) is 0 Å². The number of nitrogen functional groups attached to an aromatic ring is 1. The van der Waals surface area contributed by atoms with Gasteiger partial charge in [-0.25, -0.2) is 5.84 Å². The highest BCUT2D eigenvalue weighted by Crippen LogP contribution is 2.32. The average molecular weight is 267 g/mol. The van der Waals surface area contributed by atoms with Crippen LogP contribution in [-0.4, -0.2) is 12.2 Å². The van der Waals surface area contributed by atoms with Gasteiger partial charge in [-0.1, -0.05) is 34.8 Å². The summed E-state index contributed by atoms with van der Waals surface area (Å²) in [6, 6.07) is 1.25. The second-order valence-corrected chi connectivity index (χ2v) is 3.73. The number of halogens is 3. The van der Waals surface area contributed by atoms with E-state index in [0.717, 1.165) is 0 Å². The predicted octanol–water partition coefficient (Wildman–Crippen LogP) is 2.06. The minimum absolute atomic E-state index is 0.00123. The molecule has 0 bridgehead atoms. The first-order valence-corrected chi connectivity index (χ1v) is 4.80. The Labute approximate surface area is 100 Å². The molecule has 15 heavy (non-hydrogen) atoms. The second-order valence-electron chi connectivity index (χ2n) is 2.53. The minimum Gasteiger partial charge on any atom is -0.298 e. The van der Waals surface area contributed by atoms with E-state index in [-0.39, 0.29) is 26.2 Å². The van der Waals surface area contributed by atoms with Gasteiger partial charge in [0.25, 0.3) is 5.91 Å². The first-order valence-electron chi connectivity index (χ1n) is 3.66. The molecule has 0 heterocycles. The van der Waals surface area contributed by atoms with E-state index >= 15 is 0 Å². The van der Waals surface area contributed by atoms with Crippen LogP contribution in [0.15, 0.2) is 6.07 Å². The maximum Gasteiger partial charge on any atom is 0.268 e. The summed E-state index contributed by atoms with van der Waals surface area (Å²) < 4.78 is 0. The number of hydrazine groups is 1. The van der Waals surface area contributed by atoms with Crippen molar-refractivity contribution in [2.24, 2.45) is 5.84 Å². The molecule has 0 saturated carbocycles. The standard InChI is InChI=1S/C8H5Cl3N2O2/c9-4-1-5(10)6(8(15)13-12)7(11)3(4)2-14/h1-2H,12H2,(H,13,15). The number of rotatable bonds is 2. The maximum atomic E-state index is 11.3. The highest BCUT2D eigenvalue weighted by atomic mass is 35.5. The number of hydrogen-bond acceptors (Lipinski definition) is 3. The van der Waals surface area contributed by atoms with E-state index in [4.69, 9.17) is 40.6 Å². The Bertz CT molecular complexity index is 434. The smallest absolute Gasteiger partial charge is 0.268 e. The molecule has 0 spiro atoms. The molecule has 0 aromatic heterocycles. The summed E-state index contributed by atoms with van der Waals surface area (Å²) in [5.41, 5.74) is 1.79. The Morgan fingerprint density at radius 3 is 2.40 bits per heavy atom. The second kappa shape index (κ2) is 4.81. The van der Waals surface area contributed by atoms with Crippen molar-refractivity contribution >= 4 is 47.0 Å². The summed E-state index contributed by atoms with van der Waals surface area (Å²) in [5, 5.41) is -0.0161. The molecule has 0 aliphatic heterocycles. The van der Waals surface area contributed by atoms with Crippen LogP contribution < -0.4 is 11.3 Å². The van der Waals surface area contributed by atoms with Gasteiger partial charge in [-0.2, -0.15) is 0 Å². The van der Waals surface area contributed by atoms with Crippen LogP contribution in [-0.2, 0) is 0 Å². The fraction of sp³-hybridized carbons (Fsp3) is 0. The molecular weight excluding hydrogens is 262 g/mol. The highest BCUT2D eigenvalue weighted by Gasteiger charge is 2.19. The summed E-state index contributed by atoms with van der Waals surface area (Å²) in [7, 11) is 0. The lowest BCUT2D eigenvalue weighted by Gasteiger charge is -2.08. The summed E-state index contributed by atoms with van der Waals surface area (Å²) in [5.74, 6) is 4.24. The summed E-state index contributed by atoms with van der Waals surface area (Å²) in [6.45, 7) is 0. The van der Waals surface area contributed by atoms with Crippen LogP contribution in [0, 0.1) is 0 Å². The zero-order valence-corrected chi connectivity index (χ0v) is 9.45. The Morgan fingerprint density at radius 1 is 1.33 bits per heavy atom. The largest absolute Gasteiger partial charge is 0.298 e. The van der Waals surface area contributed by atoms with Gasteiger partial charge in [-0.05, 0) is 6.07 Å². The SMILES string of the molecule is NNC(=O)c1c(Cl)cc(Cl)c(C=O)c1Cl.